The molecular formula is C18H39N3. The van der Waals surface area contributed by atoms with E-state index in [1.54, 1.807) is 0 Å². The van der Waals surface area contributed by atoms with Gasteiger partial charge < -0.3 is 5.32 Å². The molecule has 1 aliphatic heterocycles. The molecule has 3 heteroatoms. The standard InChI is InChI=1S/C18H39N3/c1-8-18(9-2,13-19-10-15(3)4)14-21-11-16(5)20(7)17(6)12-21/h15-17,19H,8-14H2,1-7H3. The molecule has 0 aromatic rings. The van der Waals surface area contributed by atoms with Crippen LogP contribution in [-0.4, -0.2) is 61.7 Å². The monoisotopic (exact) mass is 297 g/mol. The molecule has 0 aromatic carbocycles. The van der Waals surface area contributed by atoms with Crippen molar-refractivity contribution in [2.45, 2.75) is 66.5 Å². The van der Waals surface area contributed by atoms with Crippen molar-refractivity contribution < 1.29 is 0 Å². The van der Waals surface area contributed by atoms with Gasteiger partial charge in [0.25, 0.3) is 0 Å². The van der Waals surface area contributed by atoms with Gasteiger partial charge in [-0.2, -0.15) is 0 Å². The van der Waals surface area contributed by atoms with Gasteiger partial charge >= 0.3 is 0 Å². The summed E-state index contributed by atoms with van der Waals surface area (Å²) in [6, 6.07) is 1.34. The number of hydrogen-bond acceptors (Lipinski definition) is 3. The Balaban J connectivity index is 2.60. The molecule has 0 spiro atoms. The lowest BCUT2D eigenvalue weighted by Gasteiger charge is -2.46. The normalized spacial score (nSPS) is 25.7. The predicted octanol–water partition coefficient (Wildman–Crippen LogP) is 3.06. The summed E-state index contributed by atoms with van der Waals surface area (Å²) < 4.78 is 0. The zero-order chi connectivity index (χ0) is 16.0. The van der Waals surface area contributed by atoms with Crippen molar-refractivity contribution in [3.63, 3.8) is 0 Å². The van der Waals surface area contributed by atoms with Gasteiger partial charge in [0.15, 0.2) is 0 Å². The first-order valence-corrected chi connectivity index (χ1v) is 8.98. The average molecular weight is 298 g/mol. The van der Waals surface area contributed by atoms with Crippen LogP contribution >= 0.6 is 0 Å². The number of rotatable bonds is 8. The summed E-state index contributed by atoms with van der Waals surface area (Å²) in [5.41, 5.74) is 0.435. The fraction of sp³-hybridized carbons (Fsp3) is 1.00. The van der Waals surface area contributed by atoms with Crippen LogP contribution in [0.3, 0.4) is 0 Å². The molecule has 1 heterocycles. The molecule has 3 nitrogen and oxygen atoms in total. The maximum atomic E-state index is 3.71. The highest BCUT2D eigenvalue weighted by atomic mass is 15.3. The number of likely N-dealkylation sites (N-methyl/N-ethyl adjacent to an activating group) is 1. The lowest BCUT2D eigenvalue weighted by molar-refractivity contribution is 0.0281. The van der Waals surface area contributed by atoms with E-state index in [0.717, 1.165) is 19.0 Å². The summed E-state index contributed by atoms with van der Waals surface area (Å²) in [4.78, 5) is 5.23. The minimum absolute atomic E-state index is 0.435. The topological polar surface area (TPSA) is 18.5 Å². The van der Waals surface area contributed by atoms with E-state index < -0.39 is 0 Å². The molecule has 1 N–H and O–H groups in total. The van der Waals surface area contributed by atoms with Gasteiger partial charge in [-0.15, -0.1) is 0 Å². The van der Waals surface area contributed by atoms with Crippen molar-refractivity contribution >= 4 is 0 Å². The molecule has 21 heavy (non-hydrogen) atoms. The van der Waals surface area contributed by atoms with E-state index in [9.17, 15) is 0 Å². The quantitative estimate of drug-likeness (QED) is 0.743. The van der Waals surface area contributed by atoms with Gasteiger partial charge in [0, 0.05) is 38.3 Å². The Hall–Kier alpha value is -0.120. The molecule has 1 fully saturated rings. The second-order valence-electron chi connectivity index (χ2n) is 7.79. The van der Waals surface area contributed by atoms with Gasteiger partial charge in [-0.3, -0.25) is 9.80 Å². The summed E-state index contributed by atoms with van der Waals surface area (Å²) >= 11 is 0. The number of piperazine rings is 1. The Kier molecular flexibility index (Phi) is 7.66. The number of nitrogens with one attached hydrogen (secondary N) is 1. The average Bonchev–Trinajstić information content (AvgIpc) is 2.43. The maximum absolute atomic E-state index is 3.71. The van der Waals surface area contributed by atoms with E-state index >= 15 is 0 Å². The first kappa shape index (κ1) is 18.9. The predicted molar refractivity (Wildman–Crippen MR) is 93.8 cm³/mol. The van der Waals surface area contributed by atoms with Gasteiger partial charge in [-0.1, -0.05) is 27.7 Å². The lowest BCUT2D eigenvalue weighted by Crippen LogP contribution is -2.57. The first-order valence-electron chi connectivity index (χ1n) is 8.98. The van der Waals surface area contributed by atoms with E-state index in [1.807, 2.05) is 0 Å². The van der Waals surface area contributed by atoms with Crippen LogP contribution in [0.15, 0.2) is 0 Å². The smallest absolute Gasteiger partial charge is 0.0195 e. The number of hydrogen-bond donors (Lipinski definition) is 1. The molecule has 2 unspecified atom stereocenters. The largest absolute Gasteiger partial charge is 0.316 e. The summed E-state index contributed by atoms with van der Waals surface area (Å²) in [5, 5.41) is 3.71. The van der Waals surface area contributed by atoms with E-state index in [2.05, 4.69) is 63.7 Å². The molecule has 2 atom stereocenters. The minimum Gasteiger partial charge on any atom is -0.316 e. The summed E-state index contributed by atoms with van der Waals surface area (Å²) in [6.45, 7) is 20.0. The van der Waals surface area contributed by atoms with E-state index in [0.29, 0.717) is 17.5 Å². The van der Waals surface area contributed by atoms with Crippen LogP contribution in [0.4, 0.5) is 0 Å². The summed E-state index contributed by atoms with van der Waals surface area (Å²) in [7, 11) is 2.27. The number of nitrogens with zero attached hydrogens (tertiary/aromatic N) is 2. The highest BCUT2D eigenvalue weighted by molar-refractivity contribution is 4.89. The fourth-order valence-electron chi connectivity index (χ4n) is 3.52. The second-order valence-corrected chi connectivity index (χ2v) is 7.79. The van der Waals surface area contributed by atoms with Gasteiger partial charge in [0.05, 0.1) is 0 Å². The van der Waals surface area contributed by atoms with Crippen molar-refractivity contribution in [2.75, 3.05) is 39.8 Å². The Labute approximate surface area is 133 Å². The van der Waals surface area contributed by atoms with Crippen LogP contribution in [0.25, 0.3) is 0 Å². The molecule has 1 aliphatic rings. The molecule has 0 aliphatic carbocycles. The molecule has 126 valence electrons. The van der Waals surface area contributed by atoms with Crippen LogP contribution in [0.2, 0.25) is 0 Å². The van der Waals surface area contributed by atoms with E-state index in [-0.39, 0.29) is 0 Å². The van der Waals surface area contributed by atoms with Gasteiger partial charge in [-0.25, -0.2) is 0 Å². The summed E-state index contributed by atoms with van der Waals surface area (Å²) in [6.07, 6.45) is 2.54. The lowest BCUT2D eigenvalue weighted by atomic mass is 9.81. The zero-order valence-electron chi connectivity index (χ0n) is 15.6. The Bertz CT molecular complexity index is 274. The minimum atomic E-state index is 0.435. The zero-order valence-corrected chi connectivity index (χ0v) is 15.6. The van der Waals surface area contributed by atoms with Gasteiger partial charge in [0.2, 0.25) is 0 Å². The molecule has 0 bridgehead atoms. The van der Waals surface area contributed by atoms with Crippen LogP contribution in [0.5, 0.6) is 0 Å². The fourth-order valence-corrected chi connectivity index (χ4v) is 3.52. The molecule has 0 saturated carbocycles. The van der Waals surface area contributed by atoms with Gasteiger partial charge in [0.1, 0.15) is 0 Å². The SMILES string of the molecule is CCC(CC)(CNCC(C)C)CN1CC(C)N(C)C(C)C1. The molecule has 1 rings (SSSR count). The van der Waals surface area contributed by atoms with E-state index in [1.165, 1.54) is 32.5 Å². The molecule has 1 saturated heterocycles. The summed E-state index contributed by atoms with van der Waals surface area (Å²) in [5.74, 6) is 0.736. The van der Waals surface area contributed by atoms with Crippen LogP contribution in [-0.2, 0) is 0 Å². The molecular weight excluding hydrogens is 258 g/mol. The third-order valence-corrected chi connectivity index (χ3v) is 5.55. The van der Waals surface area contributed by atoms with Crippen LogP contribution in [0.1, 0.15) is 54.4 Å². The van der Waals surface area contributed by atoms with Crippen molar-refractivity contribution in [1.82, 2.24) is 15.1 Å². The third-order valence-electron chi connectivity index (χ3n) is 5.55. The molecule has 0 amide bonds. The van der Waals surface area contributed by atoms with Crippen molar-refractivity contribution in [3.05, 3.63) is 0 Å². The maximum Gasteiger partial charge on any atom is 0.0195 e. The van der Waals surface area contributed by atoms with Crippen LogP contribution in [0, 0.1) is 11.3 Å². The van der Waals surface area contributed by atoms with Crippen molar-refractivity contribution in [3.8, 4) is 0 Å². The Morgan fingerprint density at radius 2 is 1.62 bits per heavy atom. The van der Waals surface area contributed by atoms with Crippen LogP contribution < -0.4 is 5.32 Å². The second kappa shape index (κ2) is 8.50. The van der Waals surface area contributed by atoms with Crippen molar-refractivity contribution in [2.24, 2.45) is 11.3 Å². The van der Waals surface area contributed by atoms with E-state index in [4.69, 9.17) is 0 Å². The van der Waals surface area contributed by atoms with Gasteiger partial charge in [-0.05, 0) is 51.6 Å². The Morgan fingerprint density at radius 3 is 2.05 bits per heavy atom. The Morgan fingerprint density at radius 1 is 1.10 bits per heavy atom. The molecule has 0 radical (unpaired) electrons. The molecule has 0 aromatic heterocycles. The first-order chi connectivity index (χ1) is 9.83. The highest BCUT2D eigenvalue weighted by Gasteiger charge is 2.33. The third kappa shape index (κ3) is 5.54. The van der Waals surface area contributed by atoms with Crippen molar-refractivity contribution in [1.29, 1.82) is 0 Å². The highest BCUT2D eigenvalue weighted by Crippen LogP contribution is 2.28.